The number of hydrogen-bond acceptors (Lipinski definition) is 6. The van der Waals surface area contributed by atoms with Gasteiger partial charge in [0.05, 0.1) is 23.2 Å². The van der Waals surface area contributed by atoms with Gasteiger partial charge in [0.15, 0.2) is 0 Å². The minimum atomic E-state index is -0.430. The van der Waals surface area contributed by atoms with Crippen LogP contribution in [0.1, 0.15) is 32.2 Å². The van der Waals surface area contributed by atoms with Gasteiger partial charge in [-0.15, -0.1) is 11.3 Å². The summed E-state index contributed by atoms with van der Waals surface area (Å²) in [7, 11) is 0. The average molecular weight is 432 g/mol. The molecule has 0 aliphatic heterocycles. The normalized spacial score (nSPS) is 10.8. The maximum Gasteiger partial charge on any atom is 0.339 e. The Morgan fingerprint density at radius 3 is 2.84 bits per heavy atom. The van der Waals surface area contributed by atoms with Crippen molar-refractivity contribution in [1.82, 2.24) is 9.97 Å². The summed E-state index contributed by atoms with van der Waals surface area (Å²) < 4.78 is 5.44. The molecule has 0 saturated heterocycles. The third-order valence-corrected chi connectivity index (χ3v) is 5.69. The molecule has 0 fully saturated rings. The molecule has 1 N–H and O–H groups in total. The molecular weight excluding hydrogens is 410 g/mol. The van der Waals surface area contributed by atoms with E-state index in [-0.39, 0.29) is 18.9 Å². The van der Waals surface area contributed by atoms with Crippen molar-refractivity contribution in [2.45, 2.75) is 26.9 Å². The lowest BCUT2D eigenvalue weighted by Crippen LogP contribution is -2.15. The highest BCUT2D eigenvalue weighted by molar-refractivity contribution is 7.09. The van der Waals surface area contributed by atoms with Gasteiger partial charge in [0.1, 0.15) is 11.6 Å². The van der Waals surface area contributed by atoms with Crippen LogP contribution >= 0.6 is 11.3 Å². The first kappa shape index (κ1) is 20.7. The zero-order valence-corrected chi connectivity index (χ0v) is 18.0. The fourth-order valence-corrected chi connectivity index (χ4v) is 3.97. The largest absolute Gasteiger partial charge is 0.456 e. The van der Waals surface area contributed by atoms with E-state index < -0.39 is 5.97 Å². The number of pyridine rings is 1. The maximum absolute atomic E-state index is 12.5. The van der Waals surface area contributed by atoms with Crippen LogP contribution in [0.4, 0.5) is 5.69 Å². The Morgan fingerprint density at radius 1 is 1.10 bits per heavy atom. The van der Waals surface area contributed by atoms with E-state index in [4.69, 9.17) is 4.74 Å². The van der Waals surface area contributed by atoms with Crippen molar-refractivity contribution in [3.8, 4) is 0 Å². The lowest BCUT2D eigenvalue weighted by atomic mass is 10.1. The van der Waals surface area contributed by atoms with Crippen LogP contribution in [0.2, 0.25) is 0 Å². The van der Waals surface area contributed by atoms with Gasteiger partial charge in [-0.1, -0.05) is 24.3 Å². The van der Waals surface area contributed by atoms with Crippen molar-refractivity contribution in [3.63, 3.8) is 0 Å². The van der Waals surface area contributed by atoms with Crippen molar-refractivity contribution >= 4 is 39.8 Å². The lowest BCUT2D eigenvalue weighted by Gasteiger charge is -2.08. The number of carbonyl (C=O) groups is 2. The van der Waals surface area contributed by atoms with Gasteiger partial charge in [0.25, 0.3) is 0 Å². The van der Waals surface area contributed by atoms with Gasteiger partial charge in [-0.2, -0.15) is 0 Å². The summed E-state index contributed by atoms with van der Waals surface area (Å²) in [6, 6.07) is 14.9. The zero-order chi connectivity index (χ0) is 21.8. The quantitative estimate of drug-likeness (QED) is 0.442. The molecule has 0 atom stereocenters. The highest BCUT2D eigenvalue weighted by Gasteiger charge is 2.14. The summed E-state index contributed by atoms with van der Waals surface area (Å²) in [5, 5.41) is 6.15. The monoisotopic (exact) mass is 431 g/mol. The fraction of sp³-hybridized carbons (Fsp3) is 0.167. The molecular formula is C24H21N3O3S. The Labute approximate surface area is 183 Å². The van der Waals surface area contributed by atoms with E-state index in [1.54, 1.807) is 29.8 Å². The molecule has 0 aliphatic rings. The maximum atomic E-state index is 12.5. The third kappa shape index (κ3) is 4.95. The van der Waals surface area contributed by atoms with Crippen LogP contribution in [-0.4, -0.2) is 21.8 Å². The van der Waals surface area contributed by atoms with E-state index in [9.17, 15) is 9.59 Å². The molecule has 31 heavy (non-hydrogen) atoms. The number of amides is 1. The van der Waals surface area contributed by atoms with Crippen LogP contribution in [0.25, 0.3) is 10.9 Å². The number of hydrogen-bond donors (Lipinski definition) is 1. The second kappa shape index (κ2) is 9.06. The van der Waals surface area contributed by atoms with Crippen molar-refractivity contribution < 1.29 is 14.3 Å². The predicted octanol–water partition coefficient (Wildman–Crippen LogP) is 4.85. The minimum absolute atomic E-state index is 0.0462. The van der Waals surface area contributed by atoms with Crippen LogP contribution in [0.15, 0.2) is 60.1 Å². The first-order valence-electron chi connectivity index (χ1n) is 9.81. The molecule has 0 spiro atoms. The summed E-state index contributed by atoms with van der Waals surface area (Å²) in [5.74, 6) is -0.560. The molecule has 2 aromatic heterocycles. The molecule has 2 heterocycles. The Morgan fingerprint density at radius 2 is 1.97 bits per heavy atom. The molecule has 4 aromatic rings. The number of anilines is 1. The Balaban J connectivity index is 1.36. The van der Waals surface area contributed by atoms with Crippen LogP contribution < -0.4 is 5.32 Å². The Kier molecular flexibility index (Phi) is 6.04. The number of rotatable bonds is 6. The Bertz CT molecular complexity index is 1260. The molecule has 156 valence electrons. The van der Waals surface area contributed by atoms with E-state index in [0.29, 0.717) is 16.3 Å². The molecule has 2 aromatic carbocycles. The number of esters is 1. The van der Waals surface area contributed by atoms with Crippen LogP contribution in [0.5, 0.6) is 0 Å². The number of fused-ring (bicyclic) bond motifs is 1. The number of carbonyl (C=O) groups excluding carboxylic acids is 2. The molecule has 1 amide bonds. The first-order chi connectivity index (χ1) is 15.0. The van der Waals surface area contributed by atoms with Gasteiger partial charge in [0, 0.05) is 22.7 Å². The topological polar surface area (TPSA) is 81.2 Å². The van der Waals surface area contributed by atoms with Crippen molar-refractivity contribution in [1.29, 1.82) is 0 Å². The van der Waals surface area contributed by atoms with E-state index >= 15 is 0 Å². The number of aromatic nitrogens is 2. The standard InChI is InChI=1S/C24H21N3O3S/c1-15-8-9-16(2)21(11-15)27-22(28)12-23-26-17(14-31-23)13-30-24(29)19-5-3-7-20-18(19)6-4-10-25-20/h3-11,14H,12-13H2,1-2H3,(H,27,28). The van der Waals surface area contributed by atoms with Crippen molar-refractivity contribution in [3.05, 3.63) is 87.5 Å². The molecule has 0 unspecified atom stereocenters. The van der Waals surface area contributed by atoms with E-state index in [0.717, 1.165) is 27.7 Å². The highest BCUT2D eigenvalue weighted by Crippen LogP contribution is 2.20. The number of benzene rings is 2. The van der Waals surface area contributed by atoms with Gasteiger partial charge in [-0.05, 0) is 49.2 Å². The van der Waals surface area contributed by atoms with E-state index in [2.05, 4.69) is 15.3 Å². The lowest BCUT2D eigenvalue weighted by molar-refractivity contribution is -0.115. The van der Waals surface area contributed by atoms with E-state index in [1.807, 2.05) is 44.2 Å². The number of nitrogens with zero attached hydrogens (tertiary/aromatic N) is 2. The smallest absolute Gasteiger partial charge is 0.339 e. The second-order valence-corrected chi connectivity index (χ2v) is 8.17. The third-order valence-electron chi connectivity index (χ3n) is 4.80. The summed E-state index contributed by atoms with van der Waals surface area (Å²) in [5.41, 5.74) is 4.72. The second-order valence-electron chi connectivity index (χ2n) is 7.23. The van der Waals surface area contributed by atoms with Gasteiger partial charge >= 0.3 is 5.97 Å². The number of nitrogens with one attached hydrogen (secondary N) is 1. The van der Waals surface area contributed by atoms with Gasteiger partial charge in [-0.25, -0.2) is 9.78 Å². The molecule has 4 rings (SSSR count). The molecule has 6 nitrogen and oxygen atoms in total. The van der Waals surface area contributed by atoms with Gasteiger partial charge in [-0.3, -0.25) is 9.78 Å². The SMILES string of the molecule is Cc1ccc(C)c(NC(=O)Cc2nc(COC(=O)c3cccc4ncccc34)cs2)c1. The van der Waals surface area contributed by atoms with Gasteiger partial charge in [0.2, 0.25) is 5.91 Å². The number of aryl methyl sites for hydroxylation is 2. The zero-order valence-electron chi connectivity index (χ0n) is 17.2. The average Bonchev–Trinajstić information content (AvgIpc) is 3.21. The molecule has 0 radical (unpaired) electrons. The van der Waals surface area contributed by atoms with Crippen molar-refractivity contribution in [2.75, 3.05) is 5.32 Å². The Hall–Kier alpha value is -3.58. The molecule has 0 aliphatic carbocycles. The van der Waals surface area contributed by atoms with E-state index in [1.165, 1.54) is 11.3 Å². The molecule has 0 saturated carbocycles. The molecule has 7 heteroatoms. The van der Waals surface area contributed by atoms with Crippen LogP contribution in [-0.2, 0) is 22.6 Å². The highest BCUT2D eigenvalue weighted by atomic mass is 32.1. The minimum Gasteiger partial charge on any atom is -0.456 e. The number of ether oxygens (including phenoxy) is 1. The summed E-state index contributed by atoms with van der Waals surface area (Å²) in [6.07, 6.45) is 1.85. The predicted molar refractivity (Wildman–Crippen MR) is 121 cm³/mol. The summed E-state index contributed by atoms with van der Waals surface area (Å²) in [4.78, 5) is 33.6. The first-order valence-corrected chi connectivity index (χ1v) is 10.7. The van der Waals surface area contributed by atoms with Crippen LogP contribution in [0.3, 0.4) is 0 Å². The van der Waals surface area contributed by atoms with Crippen molar-refractivity contribution in [2.24, 2.45) is 0 Å². The van der Waals surface area contributed by atoms with Crippen LogP contribution in [0, 0.1) is 13.8 Å². The summed E-state index contributed by atoms with van der Waals surface area (Å²) in [6.45, 7) is 3.99. The summed E-state index contributed by atoms with van der Waals surface area (Å²) >= 11 is 1.37. The number of thiazole rings is 1. The van der Waals surface area contributed by atoms with Gasteiger partial charge < -0.3 is 10.1 Å². The molecule has 0 bridgehead atoms. The fourth-order valence-electron chi connectivity index (χ4n) is 3.20.